The third kappa shape index (κ3) is 21.7. The van der Waals surface area contributed by atoms with Crippen LogP contribution in [0.2, 0.25) is 0 Å². The number of hydrogen-bond donors (Lipinski definition) is 7. The molecule has 3 aliphatic heterocycles. The zero-order valence-electron chi connectivity index (χ0n) is 68.4. The average Bonchev–Trinajstić information content (AvgIpc) is 0.778. The number of nitrogens with zero attached hydrogens (tertiary/aromatic N) is 12. The Morgan fingerprint density at radius 1 is 0.290 bits per heavy atom. The summed E-state index contributed by atoms with van der Waals surface area (Å²) >= 11 is 0. The lowest BCUT2D eigenvalue weighted by atomic mass is 10.1. The first-order valence-corrected chi connectivity index (χ1v) is 43.4. The van der Waals surface area contributed by atoms with Crippen molar-refractivity contribution in [1.29, 1.82) is 0 Å². The van der Waals surface area contributed by atoms with Crippen molar-refractivity contribution in [3.8, 4) is 44.9 Å². The maximum absolute atomic E-state index is 13.5. The van der Waals surface area contributed by atoms with Crippen LogP contribution in [-0.4, -0.2) is 163 Å². The first-order valence-electron chi connectivity index (χ1n) is 40.5. The molecule has 0 aliphatic carbocycles. The van der Waals surface area contributed by atoms with Crippen LogP contribution < -0.4 is 51.9 Å². The highest BCUT2D eigenvalue weighted by Gasteiger charge is 2.32. The van der Waals surface area contributed by atoms with Crippen LogP contribution in [0.25, 0.3) is 55.7 Å². The topological polar surface area (TPSA) is 318 Å². The van der Waals surface area contributed by atoms with Crippen molar-refractivity contribution in [2.75, 3.05) is 130 Å². The predicted molar refractivity (Wildman–Crippen MR) is 492 cm³/mol. The number of amides is 5. The highest BCUT2D eigenvalue weighted by molar-refractivity contribution is 7.89. The maximum Gasteiger partial charge on any atom is 0.321 e. The Hall–Kier alpha value is -14.8. The van der Waals surface area contributed by atoms with E-state index in [-0.39, 0.29) is 23.8 Å². The summed E-state index contributed by atoms with van der Waals surface area (Å²) in [5.41, 5.74) is 15.8. The second-order valence-electron chi connectivity index (χ2n) is 29.5. The van der Waals surface area contributed by atoms with Crippen LogP contribution in [0, 0.1) is 0 Å². The first-order chi connectivity index (χ1) is 60.2. The Balaban J connectivity index is 0.000000144. The number of carbonyl (C=O) groups excluding carboxylic acids is 4. The number of anilines is 13. The maximum atomic E-state index is 13.5. The van der Waals surface area contributed by atoms with E-state index in [1.165, 1.54) is 20.8 Å². The zero-order chi connectivity index (χ0) is 85.9. The van der Waals surface area contributed by atoms with Gasteiger partial charge in [-0.1, -0.05) is 133 Å². The van der Waals surface area contributed by atoms with Crippen molar-refractivity contribution in [2.45, 2.75) is 30.6 Å². The van der Waals surface area contributed by atoms with E-state index < -0.39 is 20.0 Å². The summed E-state index contributed by atoms with van der Waals surface area (Å²) in [5, 5.41) is 22.7. The van der Waals surface area contributed by atoms with E-state index in [4.69, 9.17) is 0 Å². The van der Waals surface area contributed by atoms with Crippen molar-refractivity contribution >= 4 is 129 Å². The molecule has 124 heavy (non-hydrogen) atoms. The Bertz CT molecular complexity index is 6270. The lowest BCUT2D eigenvalue weighted by Gasteiger charge is -2.36. The number of carbonyl (C=O) groups is 4. The van der Waals surface area contributed by atoms with Crippen molar-refractivity contribution < 1.29 is 36.0 Å². The van der Waals surface area contributed by atoms with Gasteiger partial charge in [-0.15, -0.1) is 0 Å². The fraction of sp³-hybridized carbons (Fsp3) is 0.158. The lowest BCUT2D eigenvalue weighted by molar-refractivity contribution is -0.115. The van der Waals surface area contributed by atoms with Crippen LogP contribution in [0.1, 0.15) is 20.8 Å². The summed E-state index contributed by atoms with van der Waals surface area (Å²) in [7, 11) is -7.17. The molecule has 0 atom stereocenters. The second kappa shape index (κ2) is 39.2. The van der Waals surface area contributed by atoms with Crippen LogP contribution in [0.3, 0.4) is 0 Å². The summed E-state index contributed by atoms with van der Waals surface area (Å²) in [6.45, 7) is 11.3. The quantitative estimate of drug-likeness (QED) is 0.0351. The van der Waals surface area contributed by atoms with Gasteiger partial charge in [-0.25, -0.2) is 51.5 Å². The minimum atomic E-state index is -3.60. The number of benzene rings is 11. The molecule has 0 unspecified atom stereocenters. The van der Waals surface area contributed by atoms with Crippen molar-refractivity contribution in [3.63, 3.8) is 0 Å². The minimum Gasteiger partial charge on any atom is -0.369 e. The number of piperazine rings is 3. The van der Waals surface area contributed by atoms with Crippen LogP contribution in [0.5, 0.6) is 0 Å². The van der Waals surface area contributed by atoms with Gasteiger partial charge in [0.1, 0.15) is 0 Å². The molecule has 7 N–H and O–H groups in total. The number of rotatable bonds is 21. The zero-order valence-corrected chi connectivity index (χ0v) is 70.0. The molecule has 3 aromatic heterocycles. The fourth-order valence-corrected chi connectivity index (χ4v) is 17.7. The fourth-order valence-electron chi connectivity index (χ4n) is 14.6. The van der Waals surface area contributed by atoms with Gasteiger partial charge in [0.25, 0.3) is 0 Å². The number of urea groups is 1. The number of sulfonamides is 2. The van der Waals surface area contributed by atoms with Gasteiger partial charge in [-0.3, -0.25) is 14.4 Å². The van der Waals surface area contributed by atoms with E-state index in [1.54, 1.807) is 51.5 Å². The molecule has 6 heterocycles. The molecule has 3 fully saturated rings. The van der Waals surface area contributed by atoms with Gasteiger partial charge in [0.05, 0.1) is 26.9 Å². The second-order valence-corrected chi connectivity index (χ2v) is 33.4. The molecule has 0 spiro atoms. The molecule has 14 aromatic rings. The van der Waals surface area contributed by atoms with E-state index in [1.807, 2.05) is 260 Å². The van der Waals surface area contributed by atoms with E-state index in [2.05, 4.69) is 94.0 Å². The minimum absolute atomic E-state index is 0.0682. The SMILES string of the molecule is CC(=O)Nc1ccc(-c2ccnc(Nc3ccc(N4CCN(C(=O)Nc5ccccc5)CC4)cc3)n2)cc1.CC(=O)Nc1ccc(-c2ccnc(Nc3ccc(N4CCN(S(=O)(=O)c5ccc(-c6ccccc6)cc5)CC4)cc3)n2)cc1.CC(=O)Nc1ccc(-c2ccnc(Nc3ccc(N4CCN(S(=O)(=O)c5cccc6ccccc56)CC4)cc3)n2)cc1. The van der Waals surface area contributed by atoms with Gasteiger partial charge < -0.3 is 56.8 Å². The van der Waals surface area contributed by atoms with Gasteiger partial charge in [0.15, 0.2) is 0 Å². The molecule has 0 radical (unpaired) electrons. The monoisotopic (exact) mass is 1690 g/mol. The highest BCUT2D eigenvalue weighted by atomic mass is 32.2. The summed E-state index contributed by atoms with van der Waals surface area (Å²) in [4.78, 5) is 82.5. The van der Waals surface area contributed by atoms with E-state index in [0.29, 0.717) is 93.1 Å². The molecular weight excluding hydrogens is 1600 g/mol. The standard InChI is InChI=1S/C34H32N6O3S.C32H30N6O3S.C29H29N7O2/c1-25(41)36-29-11-7-28(8-12-29)33-19-20-35-34(38-33)37-30-13-15-31(16-14-30)39-21-23-40(24-22-39)44(42,43)32-17-9-27(10-18-32)26-5-3-2-4-6-26;1-23(39)34-26-11-9-25(10-12-26)30-17-18-33-32(36-30)35-27-13-15-28(16-14-27)37-19-21-38(22-20-37)42(40,41)31-8-4-6-24-5-2-3-7-29(24)31;1-21(37)31-24-9-7-22(8-10-24)27-15-16-30-28(34-27)32-25-11-13-26(14-12-25)35-17-19-36(20-18-35)29(38)33-23-5-3-2-4-6-23/h2-20H,21-24H2,1H3,(H,36,41)(H,35,37,38);2-18H,19-22H2,1H3,(H,34,39)(H,33,35,36);2-16H,17-20H2,1H3,(H,31,37)(H,33,38)(H,30,32,34). The number of para-hydroxylation sites is 1. The Labute approximate surface area is 720 Å². The Kier molecular flexibility index (Phi) is 26.6. The summed E-state index contributed by atoms with van der Waals surface area (Å²) in [6.07, 6.45) is 5.12. The number of fused-ring (bicyclic) bond motifs is 1. The molecule has 17 rings (SSSR count). The highest BCUT2D eigenvalue weighted by Crippen LogP contribution is 2.33. The molecule has 3 aliphatic rings. The lowest BCUT2D eigenvalue weighted by Crippen LogP contribution is -2.50. The van der Waals surface area contributed by atoms with Gasteiger partial charge >= 0.3 is 6.03 Å². The summed E-state index contributed by atoms with van der Waals surface area (Å²) in [5.74, 6) is 1.10. The number of nitrogens with one attached hydrogen (secondary N) is 7. The van der Waals surface area contributed by atoms with Gasteiger partial charge in [0, 0.05) is 197 Å². The molecule has 29 heteroatoms. The smallest absolute Gasteiger partial charge is 0.321 e. The third-order valence-electron chi connectivity index (χ3n) is 21.0. The molecule has 27 nitrogen and oxygen atoms in total. The number of aromatic nitrogens is 6. The van der Waals surface area contributed by atoms with Crippen molar-refractivity contribution in [2.24, 2.45) is 0 Å². The first kappa shape index (κ1) is 84.2. The molecule has 5 amide bonds. The summed E-state index contributed by atoms with van der Waals surface area (Å²) in [6, 6.07) is 91.5. The molecule has 11 aromatic carbocycles. The normalized spacial score (nSPS) is 13.7. The van der Waals surface area contributed by atoms with Crippen LogP contribution in [0.4, 0.5) is 79.5 Å². The van der Waals surface area contributed by atoms with Crippen LogP contribution >= 0.6 is 0 Å². The molecule has 3 saturated heterocycles. The predicted octanol–water partition coefficient (Wildman–Crippen LogP) is 16.7. The number of hydrogen-bond acceptors (Lipinski definition) is 20. The van der Waals surface area contributed by atoms with Crippen molar-refractivity contribution in [3.05, 3.63) is 310 Å². The van der Waals surface area contributed by atoms with E-state index >= 15 is 0 Å². The molecule has 0 saturated carbocycles. The van der Waals surface area contributed by atoms with Crippen LogP contribution in [0.15, 0.2) is 320 Å². The third-order valence-corrected chi connectivity index (χ3v) is 24.8. The molecule has 626 valence electrons. The largest absolute Gasteiger partial charge is 0.369 e. The molecular formula is C95H91N19O8S2. The van der Waals surface area contributed by atoms with E-state index in [0.717, 1.165) is 126 Å². The Morgan fingerprint density at radius 3 is 1.01 bits per heavy atom. The van der Waals surface area contributed by atoms with Gasteiger partial charge in [-0.05, 0) is 174 Å². The van der Waals surface area contributed by atoms with E-state index in [9.17, 15) is 36.0 Å². The summed E-state index contributed by atoms with van der Waals surface area (Å²) < 4.78 is 56.8. The Morgan fingerprint density at radius 2 is 0.613 bits per heavy atom. The molecule has 0 bridgehead atoms. The van der Waals surface area contributed by atoms with Gasteiger partial charge in [-0.2, -0.15) is 8.61 Å². The average molecular weight is 1690 g/mol. The van der Waals surface area contributed by atoms with Gasteiger partial charge in [0.2, 0.25) is 55.6 Å². The van der Waals surface area contributed by atoms with Crippen molar-refractivity contribution in [1.82, 2.24) is 43.4 Å². The van der Waals surface area contributed by atoms with Crippen LogP contribution in [-0.2, 0) is 34.4 Å².